The number of aromatic nitrogens is 4. The molecule has 0 saturated carbocycles. The zero-order valence-electron chi connectivity index (χ0n) is 24.9. The summed E-state index contributed by atoms with van der Waals surface area (Å²) < 4.78 is 1.37. The van der Waals surface area contributed by atoms with Gasteiger partial charge in [-0.3, -0.25) is 0 Å². The van der Waals surface area contributed by atoms with E-state index < -0.39 is 0 Å². The van der Waals surface area contributed by atoms with E-state index in [0.29, 0.717) is 28.0 Å². The van der Waals surface area contributed by atoms with Crippen LogP contribution >= 0.6 is 11.3 Å². The van der Waals surface area contributed by atoms with Gasteiger partial charge in [-0.15, -0.1) is 5.10 Å². The zero-order chi connectivity index (χ0) is 29.4. The molecule has 7 nitrogen and oxygen atoms in total. The van der Waals surface area contributed by atoms with E-state index in [9.17, 15) is 10.4 Å². The number of rotatable bonds is 14. The lowest BCUT2D eigenvalue weighted by Gasteiger charge is -2.13. The number of fused-ring (bicyclic) bond motifs is 1. The van der Waals surface area contributed by atoms with Crippen LogP contribution in [0.4, 0.5) is 5.00 Å². The van der Waals surface area contributed by atoms with Crippen LogP contribution in [0.3, 0.4) is 0 Å². The molecular weight excluding hydrogens is 528 g/mol. The Morgan fingerprint density at radius 3 is 2.20 bits per heavy atom. The van der Waals surface area contributed by atoms with Crippen LogP contribution in [0, 0.1) is 11.3 Å². The maximum Gasteiger partial charge on any atom is 0.233 e. The first-order valence-electron chi connectivity index (χ1n) is 15.1. The molecule has 3 heterocycles. The fraction of sp³-hybridized carbons (Fsp3) is 0.485. The average molecular weight is 571 g/mol. The Morgan fingerprint density at radius 1 is 0.976 bits per heavy atom. The van der Waals surface area contributed by atoms with Gasteiger partial charge in [0.05, 0.1) is 5.01 Å². The second-order valence-corrected chi connectivity index (χ2v) is 11.8. The van der Waals surface area contributed by atoms with E-state index >= 15 is 0 Å². The van der Waals surface area contributed by atoms with Crippen molar-refractivity contribution in [1.82, 2.24) is 19.6 Å². The van der Waals surface area contributed by atoms with Gasteiger partial charge in [0.2, 0.25) is 5.88 Å². The molecule has 0 radical (unpaired) electrons. The molecule has 0 aliphatic heterocycles. The van der Waals surface area contributed by atoms with Gasteiger partial charge in [-0.1, -0.05) is 114 Å². The Bertz CT molecular complexity index is 1590. The van der Waals surface area contributed by atoms with Gasteiger partial charge in [-0.2, -0.15) is 9.78 Å². The third kappa shape index (κ3) is 6.68. The van der Waals surface area contributed by atoms with Crippen LogP contribution in [0.2, 0.25) is 0 Å². The van der Waals surface area contributed by atoms with Crippen LogP contribution in [-0.2, 0) is 0 Å². The molecule has 0 aliphatic carbocycles. The van der Waals surface area contributed by atoms with E-state index in [0.717, 1.165) is 85.5 Å². The summed E-state index contributed by atoms with van der Waals surface area (Å²) in [7, 11) is 0. The maximum atomic E-state index is 11.0. The van der Waals surface area contributed by atoms with Crippen molar-refractivity contribution in [2.45, 2.75) is 104 Å². The van der Waals surface area contributed by atoms with Crippen molar-refractivity contribution >= 4 is 28.6 Å². The molecule has 216 valence electrons. The average Bonchev–Trinajstić information content (AvgIpc) is 3.62. The van der Waals surface area contributed by atoms with Gasteiger partial charge in [0.25, 0.3) is 0 Å². The predicted molar refractivity (Wildman–Crippen MR) is 167 cm³/mol. The van der Waals surface area contributed by atoms with Crippen molar-refractivity contribution in [3.05, 3.63) is 57.3 Å². The third-order valence-electron chi connectivity index (χ3n) is 7.77. The molecule has 1 aromatic carbocycles. The fourth-order valence-corrected chi connectivity index (χ4v) is 6.39. The number of benzene rings is 1. The molecule has 1 N–H and O–H groups in total. The van der Waals surface area contributed by atoms with Crippen LogP contribution in [0.15, 0.2) is 35.3 Å². The lowest BCUT2D eigenvalue weighted by atomic mass is 9.96. The number of pyridine rings is 1. The molecule has 3 aromatic heterocycles. The highest BCUT2D eigenvalue weighted by molar-refractivity contribution is 7.16. The first-order valence-corrected chi connectivity index (χ1v) is 15.9. The van der Waals surface area contributed by atoms with E-state index in [1.165, 1.54) is 4.52 Å². The number of hydrogen-bond donors (Lipinski definition) is 1. The smallest absolute Gasteiger partial charge is 0.233 e. The minimum Gasteiger partial charge on any atom is -0.492 e. The molecule has 0 aliphatic rings. The number of unbranched alkanes of at least 4 members (excludes halogenated alkanes) is 3. The molecule has 0 spiro atoms. The quantitative estimate of drug-likeness (QED) is 0.166. The van der Waals surface area contributed by atoms with Crippen molar-refractivity contribution in [2.24, 2.45) is 4.99 Å². The summed E-state index contributed by atoms with van der Waals surface area (Å²) in [4.78, 5) is 15.2. The van der Waals surface area contributed by atoms with Crippen molar-refractivity contribution in [3.8, 4) is 23.2 Å². The summed E-state index contributed by atoms with van der Waals surface area (Å²) in [6.45, 7) is 12.9. The molecule has 4 aromatic rings. The van der Waals surface area contributed by atoms with Crippen molar-refractivity contribution in [2.75, 3.05) is 0 Å². The number of nitriles is 1. The van der Waals surface area contributed by atoms with Crippen LogP contribution < -0.4 is 10.6 Å². The molecule has 1 unspecified atom stereocenters. The zero-order valence-corrected chi connectivity index (χ0v) is 25.7. The molecule has 1 atom stereocenters. The minimum absolute atomic E-state index is 0.0593. The molecule has 0 amide bonds. The van der Waals surface area contributed by atoms with Crippen molar-refractivity contribution in [1.29, 1.82) is 5.26 Å². The SMILES string of the molecule is C=c1c(C#N)c(O)n2nc(C(CC)CCCC)nc2c1=Nc1sc(C(CCCC)CCCC)nc1-c1ccccc1. The molecule has 41 heavy (non-hydrogen) atoms. The number of hydrogen-bond acceptors (Lipinski definition) is 7. The summed E-state index contributed by atoms with van der Waals surface area (Å²) in [6, 6.07) is 12.2. The molecule has 0 fully saturated rings. The van der Waals surface area contributed by atoms with Crippen LogP contribution in [0.25, 0.3) is 23.5 Å². The van der Waals surface area contributed by atoms with Gasteiger partial charge in [0.15, 0.2) is 11.5 Å². The molecular formula is C33H42N6OS. The highest BCUT2D eigenvalue weighted by atomic mass is 32.1. The van der Waals surface area contributed by atoms with E-state index in [4.69, 9.17) is 15.0 Å². The summed E-state index contributed by atoms with van der Waals surface area (Å²) in [6.07, 6.45) is 10.8. The Balaban J connectivity index is 1.97. The number of thiazole rings is 1. The lowest BCUT2D eigenvalue weighted by molar-refractivity contribution is 0.431. The summed E-state index contributed by atoms with van der Waals surface area (Å²) in [5, 5.41) is 28.3. The normalized spacial score (nSPS) is 12.8. The highest BCUT2D eigenvalue weighted by Gasteiger charge is 2.23. The fourth-order valence-electron chi connectivity index (χ4n) is 5.25. The van der Waals surface area contributed by atoms with E-state index in [1.54, 1.807) is 11.3 Å². The molecule has 8 heteroatoms. The van der Waals surface area contributed by atoms with E-state index in [-0.39, 0.29) is 17.4 Å². The molecule has 4 rings (SSSR count). The lowest BCUT2D eigenvalue weighted by Crippen LogP contribution is -2.30. The monoisotopic (exact) mass is 570 g/mol. The number of nitrogens with zero attached hydrogens (tertiary/aromatic N) is 6. The second kappa shape index (κ2) is 14.4. The second-order valence-electron chi connectivity index (χ2n) is 10.8. The summed E-state index contributed by atoms with van der Waals surface area (Å²) in [5.74, 6) is 0.954. The highest BCUT2D eigenvalue weighted by Crippen LogP contribution is 2.41. The van der Waals surface area contributed by atoms with Crippen molar-refractivity contribution in [3.63, 3.8) is 0 Å². The molecule has 0 bridgehead atoms. The summed E-state index contributed by atoms with van der Waals surface area (Å²) >= 11 is 1.61. The van der Waals surface area contributed by atoms with Gasteiger partial charge < -0.3 is 5.11 Å². The Labute approximate surface area is 247 Å². The van der Waals surface area contributed by atoms with E-state index in [2.05, 4.69) is 57.6 Å². The predicted octanol–water partition coefficient (Wildman–Crippen LogP) is 7.94. The van der Waals surface area contributed by atoms with Gasteiger partial charge in [0, 0.05) is 22.6 Å². The Kier molecular flexibility index (Phi) is 10.6. The van der Waals surface area contributed by atoms with Gasteiger partial charge in [0.1, 0.15) is 27.7 Å². The molecule has 0 saturated heterocycles. The first-order chi connectivity index (χ1) is 20.0. The van der Waals surface area contributed by atoms with Crippen LogP contribution in [0.1, 0.15) is 120 Å². The topological polar surface area (TPSA) is 99.5 Å². The van der Waals surface area contributed by atoms with Gasteiger partial charge >= 0.3 is 0 Å². The standard InChI is InChI=1S/C33H42N6OS/c1-6-10-16-23(9-4)29-37-30-27(22(5)26(21-34)33(40)39(30)38-29)35-32-28(24-19-14-13-15-20-24)36-31(41-32)25(17-11-7-2)18-12-8-3/h13-15,19-20,23,25,40H,5-12,16-18H2,1-4H3. The maximum absolute atomic E-state index is 11.0. The number of aromatic hydroxyl groups is 1. The van der Waals surface area contributed by atoms with Crippen LogP contribution in [-0.4, -0.2) is 24.7 Å². The first kappa shape index (κ1) is 30.4. The van der Waals surface area contributed by atoms with Crippen molar-refractivity contribution < 1.29 is 5.11 Å². The summed E-state index contributed by atoms with van der Waals surface area (Å²) in [5.41, 5.74) is 2.29. The third-order valence-corrected chi connectivity index (χ3v) is 8.88. The Hall–Kier alpha value is -3.57. The van der Waals surface area contributed by atoms with Crippen LogP contribution in [0.5, 0.6) is 5.88 Å². The van der Waals surface area contributed by atoms with E-state index in [1.807, 2.05) is 18.2 Å². The Morgan fingerprint density at radius 2 is 1.61 bits per heavy atom. The van der Waals surface area contributed by atoms with Gasteiger partial charge in [-0.25, -0.2) is 15.0 Å². The minimum atomic E-state index is -0.247. The largest absolute Gasteiger partial charge is 0.492 e. The van der Waals surface area contributed by atoms with Gasteiger partial charge in [-0.05, 0) is 25.7 Å².